The van der Waals surface area contributed by atoms with Gasteiger partial charge in [-0.2, -0.15) is 0 Å². The first-order valence-electron chi connectivity index (χ1n) is 5.95. The van der Waals surface area contributed by atoms with E-state index < -0.39 is 0 Å². The zero-order valence-electron chi connectivity index (χ0n) is 10.6. The van der Waals surface area contributed by atoms with Gasteiger partial charge in [-0.25, -0.2) is 0 Å². The van der Waals surface area contributed by atoms with Crippen LogP contribution in [0.3, 0.4) is 0 Å². The van der Waals surface area contributed by atoms with Gasteiger partial charge in [0.2, 0.25) is 0 Å². The Morgan fingerprint density at radius 2 is 1.71 bits per heavy atom. The Labute approximate surface area is 89.9 Å². The highest BCUT2D eigenvalue weighted by molar-refractivity contribution is 4.81. The average molecular weight is 200 g/mol. The molecule has 0 aromatic heterocycles. The summed E-state index contributed by atoms with van der Waals surface area (Å²) in [4.78, 5) is 2.44. The third-order valence-electron chi connectivity index (χ3n) is 3.86. The van der Waals surface area contributed by atoms with Crippen molar-refractivity contribution in [3.05, 3.63) is 0 Å². The van der Waals surface area contributed by atoms with Crippen LogP contribution in [0.25, 0.3) is 0 Å². The number of nitrogens with zero attached hydrogens (tertiary/aromatic N) is 1. The Morgan fingerprint density at radius 3 is 2.00 bits per heavy atom. The molecular weight excluding hydrogens is 172 g/mol. The molecule has 2 N–H and O–H groups in total. The van der Waals surface area contributed by atoms with Gasteiger partial charge in [0.1, 0.15) is 0 Å². The van der Waals surface area contributed by atoms with Gasteiger partial charge in [-0.1, -0.05) is 20.8 Å². The third kappa shape index (κ3) is 3.58. The first kappa shape index (κ1) is 13.9. The Bertz CT molecular complexity index is 133. The largest absolute Gasteiger partial charge is 0.330 e. The molecule has 1 atom stereocenters. The summed E-state index contributed by atoms with van der Waals surface area (Å²) in [6.07, 6.45) is 3.58. The summed E-state index contributed by atoms with van der Waals surface area (Å²) in [6, 6.07) is 0.666. The fourth-order valence-corrected chi connectivity index (χ4v) is 1.82. The van der Waals surface area contributed by atoms with Gasteiger partial charge in [0.05, 0.1) is 0 Å². The van der Waals surface area contributed by atoms with E-state index in [-0.39, 0.29) is 0 Å². The Balaban J connectivity index is 4.28. The van der Waals surface area contributed by atoms with Crippen molar-refractivity contribution in [3.63, 3.8) is 0 Å². The molecule has 14 heavy (non-hydrogen) atoms. The molecule has 0 aromatic carbocycles. The molecule has 0 amide bonds. The summed E-state index contributed by atoms with van der Waals surface area (Å²) < 4.78 is 0. The van der Waals surface area contributed by atoms with Crippen LogP contribution in [0.5, 0.6) is 0 Å². The van der Waals surface area contributed by atoms with Crippen LogP contribution in [0.2, 0.25) is 0 Å². The Hall–Kier alpha value is -0.0800. The SMILES string of the molecule is CCC(C)N(C)CC(CC)(CC)CN. The molecule has 0 aromatic rings. The predicted octanol–water partition coefficient (Wildman–Crippen LogP) is 2.48. The summed E-state index contributed by atoms with van der Waals surface area (Å²) in [5, 5.41) is 0. The van der Waals surface area contributed by atoms with Crippen molar-refractivity contribution in [2.45, 2.75) is 53.0 Å². The zero-order valence-corrected chi connectivity index (χ0v) is 10.6. The van der Waals surface area contributed by atoms with E-state index in [1.165, 1.54) is 19.3 Å². The summed E-state index contributed by atoms with van der Waals surface area (Å²) >= 11 is 0. The van der Waals surface area contributed by atoms with E-state index in [1.54, 1.807) is 0 Å². The molecule has 1 unspecified atom stereocenters. The number of rotatable bonds is 7. The zero-order chi connectivity index (χ0) is 11.2. The van der Waals surface area contributed by atoms with Gasteiger partial charge in [0, 0.05) is 12.6 Å². The molecule has 0 fully saturated rings. The van der Waals surface area contributed by atoms with Crippen LogP contribution in [0.1, 0.15) is 47.0 Å². The average Bonchev–Trinajstić information content (AvgIpc) is 2.24. The van der Waals surface area contributed by atoms with Crippen LogP contribution >= 0.6 is 0 Å². The van der Waals surface area contributed by atoms with Crippen LogP contribution in [0.15, 0.2) is 0 Å². The van der Waals surface area contributed by atoms with Crippen molar-refractivity contribution in [2.75, 3.05) is 20.1 Å². The summed E-state index contributed by atoms with van der Waals surface area (Å²) in [5.74, 6) is 0. The van der Waals surface area contributed by atoms with Crippen LogP contribution in [0, 0.1) is 5.41 Å². The van der Waals surface area contributed by atoms with E-state index in [9.17, 15) is 0 Å². The van der Waals surface area contributed by atoms with Crippen molar-refractivity contribution in [1.82, 2.24) is 4.90 Å². The minimum atomic E-state index is 0.332. The second-order valence-electron chi connectivity index (χ2n) is 4.58. The fraction of sp³-hybridized carbons (Fsp3) is 1.00. The summed E-state index contributed by atoms with van der Waals surface area (Å²) in [6.45, 7) is 11.0. The van der Waals surface area contributed by atoms with Gasteiger partial charge in [-0.3, -0.25) is 0 Å². The lowest BCUT2D eigenvalue weighted by Gasteiger charge is -2.37. The molecule has 0 radical (unpaired) electrons. The molecule has 0 bridgehead atoms. The number of nitrogens with two attached hydrogens (primary N) is 1. The molecule has 0 saturated carbocycles. The van der Waals surface area contributed by atoms with Crippen LogP contribution in [-0.2, 0) is 0 Å². The van der Waals surface area contributed by atoms with E-state index in [0.29, 0.717) is 11.5 Å². The lowest BCUT2D eigenvalue weighted by atomic mass is 9.81. The van der Waals surface area contributed by atoms with Crippen molar-refractivity contribution < 1.29 is 0 Å². The van der Waals surface area contributed by atoms with Crippen molar-refractivity contribution in [2.24, 2.45) is 11.1 Å². The monoisotopic (exact) mass is 200 g/mol. The molecule has 2 nitrogen and oxygen atoms in total. The molecular formula is C12H28N2. The van der Waals surface area contributed by atoms with Crippen LogP contribution < -0.4 is 5.73 Å². The second-order valence-corrected chi connectivity index (χ2v) is 4.58. The fourth-order valence-electron chi connectivity index (χ4n) is 1.82. The maximum atomic E-state index is 5.89. The van der Waals surface area contributed by atoms with E-state index in [4.69, 9.17) is 5.73 Å². The minimum Gasteiger partial charge on any atom is -0.330 e. The van der Waals surface area contributed by atoms with Gasteiger partial charge in [0.25, 0.3) is 0 Å². The van der Waals surface area contributed by atoms with Gasteiger partial charge in [-0.15, -0.1) is 0 Å². The molecule has 0 heterocycles. The quantitative estimate of drug-likeness (QED) is 0.684. The topological polar surface area (TPSA) is 29.3 Å². The molecule has 0 spiro atoms. The number of hydrogen-bond acceptors (Lipinski definition) is 2. The normalized spacial score (nSPS) is 14.8. The third-order valence-corrected chi connectivity index (χ3v) is 3.86. The van der Waals surface area contributed by atoms with Crippen LogP contribution in [0.4, 0.5) is 0 Å². The van der Waals surface area contributed by atoms with Gasteiger partial charge in [-0.05, 0) is 45.2 Å². The second kappa shape index (κ2) is 6.41. The lowest BCUT2D eigenvalue weighted by Crippen LogP contribution is -2.43. The van der Waals surface area contributed by atoms with E-state index in [2.05, 4.69) is 39.6 Å². The molecule has 0 rings (SSSR count). The highest BCUT2D eigenvalue weighted by atomic mass is 15.1. The highest BCUT2D eigenvalue weighted by Crippen LogP contribution is 2.26. The van der Waals surface area contributed by atoms with Crippen molar-refractivity contribution >= 4 is 0 Å². The first-order valence-corrected chi connectivity index (χ1v) is 5.95. The molecule has 86 valence electrons. The molecule has 0 aliphatic rings. The lowest BCUT2D eigenvalue weighted by molar-refractivity contribution is 0.134. The van der Waals surface area contributed by atoms with Crippen molar-refractivity contribution in [1.29, 1.82) is 0 Å². The summed E-state index contributed by atoms with van der Waals surface area (Å²) in [7, 11) is 2.21. The van der Waals surface area contributed by atoms with Gasteiger partial charge < -0.3 is 10.6 Å². The Kier molecular flexibility index (Phi) is 6.38. The maximum Gasteiger partial charge on any atom is 0.00614 e. The van der Waals surface area contributed by atoms with Crippen molar-refractivity contribution in [3.8, 4) is 0 Å². The van der Waals surface area contributed by atoms with Gasteiger partial charge in [0.15, 0.2) is 0 Å². The molecule has 2 heteroatoms. The molecule has 0 aliphatic heterocycles. The van der Waals surface area contributed by atoms with E-state index in [1.807, 2.05) is 0 Å². The maximum absolute atomic E-state index is 5.89. The Morgan fingerprint density at radius 1 is 1.21 bits per heavy atom. The highest BCUT2D eigenvalue weighted by Gasteiger charge is 2.27. The smallest absolute Gasteiger partial charge is 0.00614 e. The standard InChI is InChI=1S/C12H28N2/c1-6-11(4)14(5)10-12(7-2,8-3)9-13/h11H,6-10,13H2,1-5H3. The molecule has 0 aliphatic carbocycles. The first-order chi connectivity index (χ1) is 6.55. The van der Waals surface area contributed by atoms with Gasteiger partial charge >= 0.3 is 0 Å². The van der Waals surface area contributed by atoms with E-state index in [0.717, 1.165) is 13.1 Å². The number of hydrogen-bond donors (Lipinski definition) is 1. The van der Waals surface area contributed by atoms with E-state index >= 15 is 0 Å². The predicted molar refractivity (Wildman–Crippen MR) is 64.5 cm³/mol. The minimum absolute atomic E-state index is 0.332. The van der Waals surface area contributed by atoms with Crippen LogP contribution in [-0.4, -0.2) is 31.1 Å². The molecule has 0 saturated heterocycles. The summed E-state index contributed by atoms with van der Waals surface area (Å²) in [5.41, 5.74) is 6.22.